The fourth-order valence-corrected chi connectivity index (χ4v) is 3.56. The van der Waals surface area contributed by atoms with Crippen molar-refractivity contribution in [3.8, 4) is 5.75 Å². The van der Waals surface area contributed by atoms with E-state index in [0.29, 0.717) is 17.9 Å². The van der Waals surface area contributed by atoms with Gasteiger partial charge in [-0.1, -0.05) is 23.7 Å². The third-order valence-corrected chi connectivity index (χ3v) is 5.17. The molecule has 1 amide bonds. The van der Waals surface area contributed by atoms with Gasteiger partial charge < -0.3 is 19.6 Å². The van der Waals surface area contributed by atoms with Gasteiger partial charge in [-0.3, -0.25) is 4.79 Å². The fourth-order valence-electron chi connectivity index (χ4n) is 3.39. The van der Waals surface area contributed by atoms with E-state index in [-0.39, 0.29) is 11.9 Å². The minimum atomic E-state index is -0.387. The molecule has 0 saturated heterocycles. The summed E-state index contributed by atoms with van der Waals surface area (Å²) in [6.45, 7) is 0. The molecule has 1 atom stereocenters. The van der Waals surface area contributed by atoms with Gasteiger partial charge in [-0.05, 0) is 35.9 Å². The molecule has 0 spiro atoms. The standard InChI is InChI=1S/C22H22ClN5O2/c1-28-11-10-24-22(28)21(14-4-3-5-16(12-14)30-2)27-20(29)9-8-19-25-17-7-6-15(23)13-18(17)26-19/h3-7,10-13,21H,8-9H2,1-2H3,(H,25,26)(H,27,29). The van der Waals surface area contributed by atoms with Crippen molar-refractivity contribution in [3.05, 3.63) is 77.1 Å². The van der Waals surface area contributed by atoms with Crippen LogP contribution in [0.15, 0.2) is 54.9 Å². The maximum Gasteiger partial charge on any atom is 0.221 e. The lowest BCUT2D eigenvalue weighted by Gasteiger charge is -2.19. The van der Waals surface area contributed by atoms with Crippen LogP contribution < -0.4 is 10.1 Å². The molecule has 0 aliphatic heterocycles. The van der Waals surface area contributed by atoms with E-state index in [1.54, 1.807) is 19.4 Å². The monoisotopic (exact) mass is 423 g/mol. The molecule has 2 heterocycles. The molecule has 8 heteroatoms. The zero-order valence-electron chi connectivity index (χ0n) is 16.7. The number of methoxy groups -OCH3 is 1. The molecule has 1 unspecified atom stereocenters. The van der Waals surface area contributed by atoms with Crippen LogP contribution >= 0.6 is 11.6 Å². The van der Waals surface area contributed by atoms with Crippen LogP contribution in [-0.4, -0.2) is 32.5 Å². The van der Waals surface area contributed by atoms with Crippen LogP contribution in [0.3, 0.4) is 0 Å². The maximum absolute atomic E-state index is 12.8. The molecular formula is C22H22ClN5O2. The molecule has 2 N–H and O–H groups in total. The number of ether oxygens (including phenoxy) is 1. The van der Waals surface area contributed by atoms with Crippen molar-refractivity contribution in [1.82, 2.24) is 24.8 Å². The summed E-state index contributed by atoms with van der Waals surface area (Å²) < 4.78 is 7.23. The van der Waals surface area contributed by atoms with Crippen LogP contribution in [0.2, 0.25) is 5.02 Å². The normalized spacial score (nSPS) is 12.1. The molecule has 2 aromatic heterocycles. The average molecular weight is 424 g/mol. The SMILES string of the molecule is COc1cccc(C(NC(=O)CCc2nc3ccc(Cl)cc3[nH]2)c2nccn2C)c1. The van der Waals surface area contributed by atoms with E-state index in [2.05, 4.69) is 20.3 Å². The predicted octanol–water partition coefficient (Wildman–Crippen LogP) is 3.80. The molecule has 4 aromatic rings. The lowest BCUT2D eigenvalue weighted by molar-refractivity contribution is -0.121. The number of nitrogens with one attached hydrogen (secondary N) is 2. The summed E-state index contributed by atoms with van der Waals surface area (Å²) in [5.41, 5.74) is 2.59. The van der Waals surface area contributed by atoms with E-state index in [4.69, 9.17) is 16.3 Å². The highest BCUT2D eigenvalue weighted by Gasteiger charge is 2.21. The quantitative estimate of drug-likeness (QED) is 0.473. The number of imidazole rings is 2. The number of amides is 1. The van der Waals surface area contributed by atoms with Crippen LogP contribution in [0.1, 0.15) is 29.7 Å². The molecule has 0 aliphatic carbocycles. The second-order valence-electron chi connectivity index (χ2n) is 7.02. The minimum Gasteiger partial charge on any atom is -0.497 e. The van der Waals surface area contributed by atoms with Crippen molar-refractivity contribution in [3.63, 3.8) is 0 Å². The number of aromatic amines is 1. The number of aromatic nitrogens is 4. The Balaban J connectivity index is 1.50. The van der Waals surface area contributed by atoms with Gasteiger partial charge >= 0.3 is 0 Å². The van der Waals surface area contributed by atoms with Crippen LogP contribution in [0.25, 0.3) is 11.0 Å². The number of hydrogen-bond donors (Lipinski definition) is 2. The van der Waals surface area contributed by atoms with Crippen LogP contribution in [0.4, 0.5) is 0 Å². The van der Waals surface area contributed by atoms with Crippen molar-refractivity contribution in [2.24, 2.45) is 7.05 Å². The van der Waals surface area contributed by atoms with Gasteiger partial charge in [0.25, 0.3) is 0 Å². The van der Waals surface area contributed by atoms with Gasteiger partial charge in [0.2, 0.25) is 5.91 Å². The molecule has 154 valence electrons. The number of hydrogen-bond acceptors (Lipinski definition) is 4. The number of carbonyl (C=O) groups excluding carboxylic acids is 1. The van der Waals surface area contributed by atoms with Crippen molar-refractivity contribution < 1.29 is 9.53 Å². The van der Waals surface area contributed by atoms with Crippen molar-refractivity contribution in [2.75, 3.05) is 7.11 Å². The van der Waals surface area contributed by atoms with E-state index >= 15 is 0 Å². The van der Waals surface area contributed by atoms with E-state index < -0.39 is 0 Å². The van der Waals surface area contributed by atoms with Crippen molar-refractivity contribution in [2.45, 2.75) is 18.9 Å². The molecule has 0 fully saturated rings. The zero-order valence-corrected chi connectivity index (χ0v) is 17.5. The van der Waals surface area contributed by atoms with Crippen molar-refractivity contribution in [1.29, 1.82) is 0 Å². The first-order valence-electron chi connectivity index (χ1n) is 9.58. The summed E-state index contributed by atoms with van der Waals surface area (Å²) in [6.07, 6.45) is 4.35. The number of fused-ring (bicyclic) bond motifs is 1. The van der Waals surface area contributed by atoms with Gasteiger partial charge in [-0.25, -0.2) is 9.97 Å². The third kappa shape index (κ3) is 4.31. The highest BCUT2D eigenvalue weighted by molar-refractivity contribution is 6.31. The topological polar surface area (TPSA) is 84.8 Å². The number of benzene rings is 2. The van der Waals surface area contributed by atoms with Gasteiger partial charge in [0, 0.05) is 37.3 Å². The summed E-state index contributed by atoms with van der Waals surface area (Å²) in [5, 5.41) is 3.75. The lowest BCUT2D eigenvalue weighted by Crippen LogP contribution is -2.31. The molecule has 0 aliphatic rings. The molecule has 0 radical (unpaired) electrons. The summed E-state index contributed by atoms with van der Waals surface area (Å²) >= 11 is 6.03. The minimum absolute atomic E-state index is 0.0932. The molecule has 0 saturated carbocycles. The number of H-pyrrole nitrogens is 1. The van der Waals surface area contributed by atoms with Gasteiger partial charge in [0.1, 0.15) is 23.4 Å². The van der Waals surface area contributed by atoms with Gasteiger partial charge in [0.05, 0.1) is 18.1 Å². The first kappa shape index (κ1) is 20.0. The van der Waals surface area contributed by atoms with E-state index in [1.165, 1.54) is 0 Å². The molecule has 0 bridgehead atoms. The number of carbonyl (C=O) groups is 1. The zero-order chi connectivity index (χ0) is 21.1. The van der Waals surface area contributed by atoms with Gasteiger partial charge in [-0.2, -0.15) is 0 Å². The van der Waals surface area contributed by atoms with Crippen LogP contribution in [-0.2, 0) is 18.3 Å². The maximum atomic E-state index is 12.8. The number of aryl methyl sites for hydroxylation is 2. The molecular weight excluding hydrogens is 402 g/mol. The number of halogens is 1. The summed E-state index contributed by atoms with van der Waals surface area (Å²) in [4.78, 5) is 25.0. The Labute approximate surface area is 179 Å². The third-order valence-electron chi connectivity index (χ3n) is 4.93. The molecule has 30 heavy (non-hydrogen) atoms. The Hall–Kier alpha value is -3.32. The predicted molar refractivity (Wildman–Crippen MR) is 116 cm³/mol. The Kier molecular flexibility index (Phi) is 5.72. The Morgan fingerprint density at radius 1 is 1.30 bits per heavy atom. The average Bonchev–Trinajstić information content (AvgIpc) is 3.35. The summed E-state index contributed by atoms with van der Waals surface area (Å²) in [6, 6.07) is 12.7. The first-order valence-corrected chi connectivity index (χ1v) is 9.96. The van der Waals surface area contributed by atoms with Gasteiger partial charge in [0.15, 0.2) is 0 Å². The van der Waals surface area contributed by atoms with Crippen LogP contribution in [0, 0.1) is 0 Å². The second-order valence-corrected chi connectivity index (χ2v) is 7.45. The highest BCUT2D eigenvalue weighted by Crippen LogP contribution is 2.24. The Bertz CT molecular complexity index is 1180. The van der Waals surface area contributed by atoms with Crippen molar-refractivity contribution >= 4 is 28.5 Å². The van der Waals surface area contributed by atoms with E-state index in [0.717, 1.165) is 34.0 Å². The first-order chi connectivity index (χ1) is 14.5. The van der Waals surface area contributed by atoms with Gasteiger partial charge in [-0.15, -0.1) is 0 Å². The van der Waals surface area contributed by atoms with E-state index in [9.17, 15) is 4.79 Å². The molecule has 7 nitrogen and oxygen atoms in total. The highest BCUT2D eigenvalue weighted by atomic mass is 35.5. The van der Waals surface area contributed by atoms with E-state index in [1.807, 2.05) is 54.2 Å². The Morgan fingerprint density at radius 2 is 2.17 bits per heavy atom. The molecule has 4 rings (SSSR count). The smallest absolute Gasteiger partial charge is 0.221 e. The fraction of sp³-hybridized carbons (Fsp3) is 0.227. The summed E-state index contributed by atoms with van der Waals surface area (Å²) in [7, 11) is 3.52. The Morgan fingerprint density at radius 3 is 2.93 bits per heavy atom. The molecule has 2 aromatic carbocycles. The second kappa shape index (κ2) is 8.59. The summed E-state index contributed by atoms with van der Waals surface area (Å²) in [5.74, 6) is 2.12. The largest absolute Gasteiger partial charge is 0.497 e. The lowest BCUT2D eigenvalue weighted by atomic mass is 10.1. The van der Waals surface area contributed by atoms with Crippen LogP contribution in [0.5, 0.6) is 5.75 Å². The number of nitrogens with zero attached hydrogens (tertiary/aromatic N) is 3. The number of rotatable bonds is 7.